The van der Waals surface area contributed by atoms with Crippen LogP contribution in [0.25, 0.3) is 0 Å². The minimum atomic E-state index is -2.96. The Morgan fingerprint density at radius 2 is 2.31 bits per heavy atom. The van der Waals surface area contributed by atoms with Gasteiger partial charge >= 0.3 is 0 Å². The smallest absolute Gasteiger partial charge is 0.230 e. The van der Waals surface area contributed by atoms with Crippen molar-refractivity contribution in [3.05, 3.63) is 11.7 Å². The Morgan fingerprint density at radius 3 is 3.00 bits per heavy atom. The van der Waals surface area contributed by atoms with E-state index in [4.69, 9.17) is 9.63 Å². The molecule has 1 aliphatic rings. The number of sulfone groups is 1. The van der Waals surface area contributed by atoms with Crippen molar-refractivity contribution in [1.82, 2.24) is 10.1 Å². The van der Waals surface area contributed by atoms with E-state index in [-0.39, 0.29) is 24.0 Å². The third-order valence-corrected chi connectivity index (χ3v) is 4.45. The van der Waals surface area contributed by atoms with E-state index in [2.05, 4.69) is 10.1 Å². The molecule has 6 nitrogen and oxygen atoms in total. The molecule has 7 heteroatoms. The van der Waals surface area contributed by atoms with Crippen LogP contribution in [0.5, 0.6) is 0 Å². The zero-order chi connectivity index (χ0) is 11.6. The van der Waals surface area contributed by atoms with Crippen molar-refractivity contribution in [2.24, 2.45) is 0 Å². The van der Waals surface area contributed by atoms with Gasteiger partial charge in [0.05, 0.1) is 24.0 Å². The molecule has 1 fully saturated rings. The molecular weight excluding hydrogens is 232 g/mol. The number of aromatic nitrogens is 2. The van der Waals surface area contributed by atoms with Crippen molar-refractivity contribution in [2.45, 2.75) is 25.2 Å². The fraction of sp³-hybridized carbons (Fsp3) is 0.778. The van der Waals surface area contributed by atoms with Gasteiger partial charge in [0.1, 0.15) is 0 Å². The van der Waals surface area contributed by atoms with Crippen molar-refractivity contribution >= 4 is 9.84 Å². The molecule has 1 saturated heterocycles. The van der Waals surface area contributed by atoms with E-state index in [9.17, 15) is 8.42 Å². The standard InChI is InChI=1S/C9H14N2O4S/c12-4-3-8-10-9(15-11-8)7-2-1-5-16(13,14)6-7/h7,12H,1-6H2. The summed E-state index contributed by atoms with van der Waals surface area (Å²) in [6.45, 7) is -0.0397. The molecule has 90 valence electrons. The molecule has 0 aliphatic carbocycles. The Hall–Kier alpha value is -0.950. The number of rotatable bonds is 3. The largest absolute Gasteiger partial charge is 0.396 e. The topological polar surface area (TPSA) is 93.3 Å². The first kappa shape index (κ1) is 11.5. The Morgan fingerprint density at radius 1 is 1.50 bits per heavy atom. The highest BCUT2D eigenvalue weighted by Gasteiger charge is 2.29. The quantitative estimate of drug-likeness (QED) is 0.800. The van der Waals surface area contributed by atoms with Gasteiger partial charge in [0.15, 0.2) is 15.7 Å². The molecule has 16 heavy (non-hydrogen) atoms. The van der Waals surface area contributed by atoms with Gasteiger partial charge < -0.3 is 9.63 Å². The van der Waals surface area contributed by atoms with Gasteiger partial charge in [0.2, 0.25) is 5.89 Å². The molecule has 0 amide bonds. The third-order valence-electron chi connectivity index (χ3n) is 2.63. The zero-order valence-electron chi connectivity index (χ0n) is 8.79. The van der Waals surface area contributed by atoms with E-state index >= 15 is 0 Å². The summed E-state index contributed by atoms with van der Waals surface area (Å²) in [7, 11) is -2.96. The van der Waals surface area contributed by atoms with Crippen LogP contribution >= 0.6 is 0 Å². The maximum absolute atomic E-state index is 11.4. The fourth-order valence-corrected chi connectivity index (χ4v) is 3.55. The van der Waals surface area contributed by atoms with E-state index in [0.717, 1.165) is 6.42 Å². The highest BCUT2D eigenvalue weighted by Crippen LogP contribution is 2.26. The van der Waals surface area contributed by atoms with Crippen LogP contribution in [0.4, 0.5) is 0 Å². The summed E-state index contributed by atoms with van der Waals surface area (Å²) in [4.78, 5) is 4.09. The van der Waals surface area contributed by atoms with Crippen molar-refractivity contribution in [3.63, 3.8) is 0 Å². The van der Waals surface area contributed by atoms with Gasteiger partial charge in [-0.1, -0.05) is 5.16 Å². The van der Waals surface area contributed by atoms with Gasteiger partial charge in [-0.25, -0.2) is 8.42 Å². The molecule has 0 bridgehead atoms. The normalized spacial score (nSPS) is 24.4. The molecule has 0 spiro atoms. The molecule has 0 aromatic carbocycles. The average Bonchev–Trinajstić information content (AvgIpc) is 2.65. The second-order valence-corrected chi connectivity index (χ2v) is 6.20. The average molecular weight is 246 g/mol. The van der Waals surface area contributed by atoms with Crippen LogP contribution < -0.4 is 0 Å². The molecule has 1 aromatic rings. The number of aliphatic hydroxyl groups excluding tert-OH is 1. The lowest BCUT2D eigenvalue weighted by Crippen LogP contribution is -2.23. The van der Waals surface area contributed by atoms with E-state index in [1.807, 2.05) is 0 Å². The van der Waals surface area contributed by atoms with E-state index in [1.54, 1.807) is 0 Å². The lowest BCUT2D eigenvalue weighted by atomic mass is 10.1. The van der Waals surface area contributed by atoms with Gasteiger partial charge in [-0.3, -0.25) is 0 Å². The van der Waals surface area contributed by atoms with E-state index < -0.39 is 9.84 Å². The van der Waals surface area contributed by atoms with Crippen molar-refractivity contribution < 1.29 is 18.0 Å². The maximum Gasteiger partial charge on any atom is 0.230 e. The summed E-state index contributed by atoms with van der Waals surface area (Å²) in [5.41, 5.74) is 0. The highest BCUT2D eigenvalue weighted by atomic mass is 32.2. The van der Waals surface area contributed by atoms with Crippen molar-refractivity contribution in [3.8, 4) is 0 Å². The van der Waals surface area contributed by atoms with Crippen LogP contribution in [0, 0.1) is 0 Å². The molecule has 0 saturated carbocycles. The van der Waals surface area contributed by atoms with Crippen molar-refractivity contribution in [1.29, 1.82) is 0 Å². The maximum atomic E-state index is 11.4. The summed E-state index contributed by atoms with van der Waals surface area (Å²) in [5, 5.41) is 12.4. The third kappa shape index (κ3) is 2.59. The Balaban J connectivity index is 2.11. The SMILES string of the molecule is O=S1(=O)CCCC(c2nc(CCO)no2)C1. The van der Waals surface area contributed by atoms with Crippen LogP contribution in [-0.4, -0.2) is 41.8 Å². The van der Waals surface area contributed by atoms with Gasteiger partial charge in [-0.2, -0.15) is 4.98 Å². The molecule has 2 heterocycles. The summed E-state index contributed by atoms with van der Waals surface area (Å²) in [6.07, 6.45) is 1.74. The Labute approximate surface area is 93.6 Å². The van der Waals surface area contributed by atoms with Gasteiger partial charge in [0, 0.05) is 6.42 Å². The molecule has 1 aliphatic heterocycles. The minimum Gasteiger partial charge on any atom is -0.396 e. The lowest BCUT2D eigenvalue weighted by molar-refractivity contribution is 0.292. The van der Waals surface area contributed by atoms with Crippen LogP contribution in [0.15, 0.2) is 4.52 Å². The monoisotopic (exact) mass is 246 g/mol. The van der Waals surface area contributed by atoms with Crippen LogP contribution in [-0.2, 0) is 16.3 Å². The Bertz CT molecular complexity index is 454. The van der Waals surface area contributed by atoms with Gasteiger partial charge in [0.25, 0.3) is 0 Å². The predicted molar refractivity (Wildman–Crippen MR) is 55.7 cm³/mol. The molecular formula is C9H14N2O4S. The van der Waals surface area contributed by atoms with Crippen molar-refractivity contribution in [2.75, 3.05) is 18.1 Å². The molecule has 1 N–H and O–H groups in total. The van der Waals surface area contributed by atoms with E-state index in [0.29, 0.717) is 24.6 Å². The van der Waals surface area contributed by atoms with Gasteiger partial charge in [-0.15, -0.1) is 0 Å². The summed E-state index contributed by atoms with van der Waals surface area (Å²) in [5.74, 6) is 0.973. The second kappa shape index (κ2) is 4.50. The highest BCUT2D eigenvalue weighted by molar-refractivity contribution is 7.91. The fourth-order valence-electron chi connectivity index (χ4n) is 1.85. The number of hydrogen-bond acceptors (Lipinski definition) is 6. The minimum absolute atomic E-state index is 0.0397. The number of hydrogen-bond donors (Lipinski definition) is 1. The first-order chi connectivity index (χ1) is 7.61. The van der Waals surface area contributed by atoms with Gasteiger partial charge in [-0.05, 0) is 12.8 Å². The summed E-state index contributed by atoms with van der Waals surface area (Å²) < 4.78 is 27.9. The summed E-state index contributed by atoms with van der Waals surface area (Å²) in [6, 6.07) is 0. The number of aliphatic hydroxyl groups is 1. The number of nitrogens with zero attached hydrogens (tertiary/aromatic N) is 2. The zero-order valence-corrected chi connectivity index (χ0v) is 9.61. The first-order valence-electron chi connectivity index (χ1n) is 5.24. The van der Waals surface area contributed by atoms with Crippen LogP contribution in [0.1, 0.15) is 30.5 Å². The van der Waals surface area contributed by atoms with Crippen LogP contribution in [0.2, 0.25) is 0 Å². The predicted octanol–water partition coefficient (Wildman–Crippen LogP) is -0.103. The molecule has 1 atom stereocenters. The molecule has 0 radical (unpaired) electrons. The molecule has 1 aromatic heterocycles. The molecule has 2 rings (SSSR count). The Kier molecular flexibility index (Phi) is 3.25. The van der Waals surface area contributed by atoms with Crippen LogP contribution in [0.3, 0.4) is 0 Å². The molecule has 1 unspecified atom stereocenters. The second-order valence-electron chi connectivity index (χ2n) is 3.98. The van der Waals surface area contributed by atoms with E-state index in [1.165, 1.54) is 0 Å². The first-order valence-corrected chi connectivity index (χ1v) is 7.06. The summed E-state index contributed by atoms with van der Waals surface area (Å²) >= 11 is 0. The lowest BCUT2D eigenvalue weighted by Gasteiger charge is -2.17.